The van der Waals surface area contributed by atoms with Crippen LogP contribution in [0.2, 0.25) is 0 Å². The number of hydrogen-bond donors (Lipinski definition) is 1. The molecular weight excluding hydrogens is 388 g/mol. The van der Waals surface area contributed by atoms with Crippen LogP contribution in [0.25, 0.3) is 0 Å². The summed E-state index contributed by atoms with van der Waals surface area (Å²) in [5.41, 5.74) is -0.0947. The normalized spacial score (nSPS) is 14.1. The second-order valence-electron chi connectivity index (χ2n) is 7.43. The fourth-order valence-electron chi connectivity index (χ4n) is 3.63. The predicted molar refractivity (Wildman–Crippen MR) is 112 cm³/mol. The highest BCUT2D eigenvalue weighted by molar-refractivity contribution is 6.06. The second kappa shape index (κ2) is 8.89. The van der Waals surface area contributed by atoms with Gasteiger partial charge in [-0.1, -0.05) is 18.9 Å². The smallest absolute Gasteiger partial charge is 0.274 e. The molecule has 2 heterocycles. The number of nitrogens with one attached hydrogen (secondary N) is 1. The summed E-state index contributed by atoms with van der Waals surface area (Å²) in [5, 5.41) is 13.6. The number of benzene rings is 1. The molecule has 0 bridgehead atoms. The minimum Gasteiger partial charge on any atom is -0.339 e. The molecule has 2 amide bonds. The quantitative estimate of drug-likeness (QED) is 0.613. The van der Waals surface area contributed by atoms with Gasteiger partial charge in [-0.05, 0) is 31.9 Å². The average molecular weight is 412 g/mol. The Hall–Kier alpha value is -3.49. The molecule has 0 atom stereocenters. The van der Waals surface area contributed by atoms with Crippen molar-refractivity contribution in [2.45, 2.75) is 32.6 Å². The maximum atomic E-state index is 12.9. The molecule has 0 radical (unpaired) electrons. The van der Waals surface area contributed by atoms with Gasteiger partial charge in [0.05, 0.1) is 10.5 Å². The molecule has 2 aromatic rings. The van der Waals surface area contributed by atoms with Crippen molar-refractivity contribution in [2.75, 3.05) is 18.4 Å². The van der Waals surface area contributed by atoms with E-state index in [0.29, 0.717) is 18.7 Å². The highest BCUT2D eigenvalue weighted by Gasteiger charge is 2.22. The monoisotopic (exact) mass is 412 g/mol. The molecular formula is C21H24N4O5. The molecule has 0 aliphatic carbocycles. The van der Waals surface area contributed by atoms with Gasteiger partial charge < -0.3 is 14.8 Å². The zero-order valence-electron chi connectivity index (χ0n) is 17.0. The number of carbonyl (C=O) groups excluding carboxylic acids is 2. The third-order valence-corrected chi connectivity index (χ3v) is 5.32. The van der Waals surface area contributed by atoms with Gasteiger partial charge in [0.1, 0.15) is 5.69 Å². The molecule has 1 aromatic carbocycles. The molecule has 3 rings (SSSR count). The Morgan fingerprint density at radius 3 is 2.43 bits per heavy atom. The molecule has 1 aromatic heterocycles. The predicted octanol–water partition coefficient (Wildman–Crippen LogP) is 2.87. The van der Waals surface area contributed by atoms with E-state index in [4.69, 9.17) is 0 Å². The van der Waals surface area contributed by atoms with Crippen LogP contribution < -0.4 is 10.9 Å². The van der Waals surface area contributed by atoms with Crippen molar-refractivity contribution in [1.29, 1.82) is 0 Å². The SMILES string of the molecule is Cc1c(C(=O)Nc2cc(C(=O)N3CCCCCC3)cn(C)c2=O)cccc1[N+](=O)[O-]. The number of aromatic nitrogens is 1. The first-order valence-corrected chi connectivity index (χ1v) is 9.85. The van der Waals surface area contributed by atoms with Crippen LogP contribution in [0.3, 0.4) is 0 Å². The summed E-state index contributed by atoms with van der Waals surface area (Å²) in [6, 6.07) is 5.55. The summed E-state index contributed by atoms with van der Waals surface area (Å²) in [6.45, 7) is 2.80. The molecule has 9 nitrogen and oxygen atoms in total. The van der Waals surface area contributed by atoms with Crippen LogP contribution in [0.4, 0.5) is 11.4 Å². The van der Waals surface area contributed by atoms with E-state index in [1.807, 2.05) is 0 Å². The van der Waals surface area contributed by atoms with E-state index < -0.39 is 16.4 Å². The van der Waals surface area contributed by atoms with Crippen molar-refractivity contribution < 1.29 is 14.5 Å². The van der Waals surface area contributed by atoms with Crippen LogP contribution in [0, 0.1) is 17.0 Å². The lowest BCUT2D eigenvalue weighted by molar-refractivity contribution is -0.385. The van der Waals surface area contributed by atoms with Gasteiger partial charge in [0.15, 0.2) is 0 Å². The summed E-state index contributed by atoms with van der Waals surface area (Å²) < 4.78 is 1.25. The Morgan fingerprint density at radius 1 is 1.13 bits per heavy atom. The van der Waals surface area contributed by atoms with Gasteiger partial charge in [0, 0.05) is 43.5 Å². The van der Waals surface area contributed by atoms with Crippen molar-refractivity contribution >= 4 is 23.2 Å². The number of rotatable bonds is 4. The van der Waals surface area contributed by atoms with Gasteiger partial charge >= 0.3 is 0 Å². The van der Waals surface area contributed by atoms with Crippen LogP contribution >= 0.6 is 0 Å². The molecule has 0 spiro atoms. The second-order valence-corrected chi connectivity index (χ2v) is 7.43. The van der Waals surface area contributed by atoms with E-state index in [9.17, 15) is 24.5 Å². The molecule has 1 aliphatic heterocycles. The van der Waals surface area contributed by atoms with Crippen molar-refractivity contribution in [3.63, 3.8) is 0 Å². The number of aryl methyl sites for hydroxylation is 1. The molecule has 1 N–H and O–H groups in total. The van der Waals surface area contributed by atoms with Crippen LogP contribution in [0.5, 0.6) is 0 Å². The Morgan fingerprint density at radius 2 is 1.80 bits per heavy atom. The number of nitro groups is 1. The van der Waals surface area contributed by atoms with Crippen LogP contribution in [-0.2, 0) is 7.05 Å². The standard InChI is InChI=1S/C21H24N4O5/c1-14-16(8-7-9-18(14)25(29)30)19(26)22-17-12-15(13-23(2)21(17)28)20(27)24-10-5-3-4-6-11-24/h7-9,12-13H,3-6,10-11H2,1-2H3,(H,22,26). The Bertz CT molecular complexity index is 1050. The van der Waals surface area contributed by atoms with Gasteiger partial charge in [-0.3, -0.25) is 24.5 Å². The van der Waals surface area contributed by atoms with E-state index in [-0.39, 0.29) is 28.4 Å². The molecule has 1 fully saturated rings. The Kier molecular flexibility index (Phi) is 6.29. The lowest BCUT2D eigenvalue weighted by atomic mass is 10.1. The highest BCUT2D eigenvalue weighted by Crippen LogP contribution is 2.22. The topological polar surface area (TPSA) is 115 Å². The third-order valence-electron chi connectivity index (χ3n) is 5.32. The number of likely N-dealkylation sites (tertiary alicyclic amines) is 1. The zero-order valence-corrected chi connectivity index (χ0v) is 17.0. The van der Waals surface area contributed by atoms with Crippen LogP contribution in [0.1, 0.15) is 52.0 Å². The summed E-state index contributed by atoms with van der Waals surface area (Å²) in [6.07, 6.45) is 5.51. The number of pyridine rings is 1. The first-order valence-electron chi connectivity index (χ1n) is 9.85. The number of nitrogens with zero attached hydrogens (tertiary/aromatic N) is 3. The maximum absolute atomic E-state index is 12.9. The summed E-state index contributed by atoms with van der Waals surface area (Å²) in [4.78, 5) is 50.5. The Labute approximate surface area is 173 Å². The largest absolute Gasteiger partial charge is 0.339 e. The molecule has 1 saturated heterocycles. The molecule has 1 aliphatic rings. The molecule has 0 saturated carbocycles. The summed E-state index contributed by atoms with van der Waals surface area (Å²) in [5.74, 6) is -0.831. The van der Waals surface area contributed by atoms with Crippen molar-refractivity contribution in [1.82, 2.24) is 9.47 Å². The van der Waals surface area contributed by atoms with E-state index in [1.54, 1.807) is 4.90 Å². The van der Waals surface area contributed by atoms with E-state index in [1.165, 1.54) is 49.0 Å². The number of nitro benzene ring substituents is 1. The van der Waals surface area contributed by atoms with Crippen molar-refractivity contribution in [3.05, 3.63) is 67.6 Å². The Balaban J connectivity index is 1.90. The average Bonchev–Trinajstić information content (AvgIpc) is 3.00. The third kappa shape index (κ3) is 4.40. The lowest BCUT2D eigenvalue weighted by Gasteiger charge is -2.21. The number of hydrogen-bond acceptors (Lipinski definition) is 5. The highest BCUT2D eigenvalue weighted by atomic mass is 16.6. The van der Waals surface area contributed by atoms with Crippen LogP contribution in [-0.4, -0.2) is 39.3 Å². The number of amides is 2. The maximum Gasteiger partial charge on any atom is 0.274 e. The molecule has 158 valence electrons. The van der Waals surface area contributed by atoms with Gasteiger partial charge in [-0.15, -0.1) is 0 Å². The summed E-state index contributed by atoms with van der Waals surface area (Å²) >= 11 is 0. The minimum absolute atomic E-state index is 0.0471. The van der Waals surface area contributed by atoms with Crippen molar-refractivity contribution in [3.8, 4) is 0 Å². The lowest BCUT2D eigenvalue weighted by Crippen LogP contribution is -2.33. The van der Waals surface area contributed by atoms with Gasteiger partial charge in [-0.25, -0.2) is 0 Å². The number of carbonyl (C=O) groups is 2. The van der Waals surface area contributed by atoms with Crippen molar-refractivity contribution in [2.24, 2.45) is 7.05 Å². The van der Waals surface area contributed by atoms with E-state index in [2.05, 4.69) is 5.32 Å². The minimum atomic E-state index is -0.646. The van der Waals surface area contributed by atoms with E-state index in [0.717, 1.165) is 25.7 Å². The zero-order chi connectivity index (χ0) is 21.8. The van der Waals surface area contributed by atoms with Gasteiger partial charge in [0.25, 0.3) is 23.1 Å². The fraction of sp³-hybridized carbons (Fsp3) is 0.381. The molecule has 0 unspecified atom stereocenters. The first-order chi connectivity index (χ1) is 14.3. The fourth-order valence-corrected chi connectivity index (χ4v) is 3.63. The van der Waals surface area contributed by atoms with Gasteiger partial charge in [-0.2, -0.15) is 0 Å². The van der Waals surface area contributed by atoms with Gasteiger partial charge in [0.2, 0.25) is 0 Å². The molecule has 30 heavy (non-hydrogen) atoms. The summed E-state index contributed by atoms with van der Waals surface area (Å²) in [7, 11) is 1.51. The first kappa shape index (κ1) is 21.2. The number of anilines is 1. The van der Waals surface area contributed by atoms with E-state index >= 15 is 0 Å². The van der Waals surface area contributed by atoms with Crippen LogP contribution in [0.15, 0.2) is 35.3 Å². The molecule has 9 heteroatoms.